The average Bonchev–Trinajstić information content (AvgIpc) is 3.27. The molecule has 1 saturated heterocycles. The molecule has 194 valence electrons. The summed E-state index contributed by atoms with van der Waals surface area (Å²) in [5.41, 5.74) is 16.6. The number of nitrogens with two attached hydrogens (primary N) is 3. The number of amides is 3. The van der Waals surface area contributed by atoms with Gasteiger partial charge in [-0.05, 0) is 50.0 Å². The number of thioether (sulfide) groups is 1. The molecule has 0 aromatic carbocycles. The molecule has 0 saturated carbocycles. The minimum Gasteiger partial charge on any atom is -0.480 e. The molecule has 1 rings (SSSR count). The quantitative estimate of drug-likeness (QED) is 0.0960. The van der Waals surface area contributed by atoms with E-state index in [0.717, 1.165) is 0 Å². The van der Waals surface area contributed by atoms with Crippen LogP contribution in [0.1, 0.15) is 46.0 Å². The Morgan fingerprint density at radius 2 is 1.76 bits per heavy atom. The van der Waals surface area contributed by atoms with Gasteiger partial charge in [0, 0.05) is 13.1 Å². The van der Waals surface area contributed by atoms with Crippen LogP contribution >= 0.6 is 11.8 Å². The first-order chi connectivity index (χ1) is 16.0. The Morgan fingerprint density at radius 3 is 2.32 bits per heavy atom. The topological polar surface area (TPSA) is 206 Å². The van der Waals surface area contributed by atoms with Crippen LogP contribution in [0.3, 0.4) is 0 Å². The molecule has 1 heterocycles. The van der Waals surface area contributed by atoms with E-state index in [1.807, 2.05) is 6.26 Å². The highest BCUT2D eigenvalue weighted by Gasteiger charge is 2.38. The second kappa shape index (κ2) is 14.7. The number of hydrogen-bond donors (Lipinski definition) is 6. The molecule has 0 aromatic heterocycles. The Kier molecular flexibility index (Phi) is 12.7. The maximum absolute atomic E-state index is 13.2. The number of guanidine groups is 1. The zero-order valence-corrected chi connectivity index (χ0v) is 21.0. The number of likely N-dealkylation sites (tertiary alicyclic amines) is 1. The molecule has 0 bridgehead atoms. The van der Waals surface area contributed by atoms with Crippen molar-refractivity contribution in [2.75, 3.05) is 25.1 Å². The molecule has 0 radical (unpaired) electrons. The van der Waals surface area contributed by atoms with Gasteiger partial charge in [-0.1, -0.05) is 13.8 Å². The van der Waals surface area contributed by atoms with Crippen molar-refractivity contribution < 1.29 is 24.3 Å². The summed E-state index contributed by atoms with van der Waals surface area (Å²) < 4.78 is 0. The van der Waals surface area contributed by atoms with Crippen LogP contribution < -0.4 is 27.8 Å². The van der Waals surface area contributed by atoms with Crippen LogP contribution in [0, 0.1) is 5.92 Å². The van der Waals surface area contributed by atoms with Crippen LogP contribution in [-0.4, -0.2) is 88.9 Å². The van der Waals surface area contributed by atoms with Gasteiger partial charge in [-0.15, -0.1) is 0 Å². The zero-order chi connectivity index (χ0) is 25.8. The van der Waals surface area contributed by atoms with E-state index in [9.17, 15) is 24.3 Å². The molecule has 4 unspecified atom stereocenters. The number of aliphatic imine (C=N–C) groups is 1. The van der Waals surface area contributed by atoms with Gasteiger partial charge >= 0.3 is 5.97 Å². The number of carboxylic acids is 1. The van der Waals surface area contributed by atoms with E-state index in [2.05, 4.69) is 15.6 Å². The maximum atomic E-state index is 13.2. The maximum Gasteiger partial charge on any atom is 0.326 e. The van der Waals surface area contributed by atoms with E-state index in [0.29, 0.717) is 38.0 Å². The molecule has 12 nitrogen and oxygen atoms in total. The number of carbonyl (C=O) groups is 4. The lowest BCUT2D eigenvalue weighted by Crippen LogP contribution is -2.57. The van der Waals surface area contributed by atoms with Gasteiger partial charge in [0.1, 0.15) is 18.1 Å². The summed E-state index contributed by atoms with van der Waals surface area (Å²) in [6.45, 7) is 4.18. The molecule has 0 aromatic rings. The van der Waals surface area contributed by atoms with E-state index in [4.69, 9.17) is 17.2 Å². The standard InChI is InChI=1S/C21H39N7O5S/c1-12(2)16(22)18(30)26-13(6-4-9-25-21(23)24)17(29)27-14(8-11-34-3)19(31)28-10-5-7-15(28)20(32)33/h12-16H,4-11,22H2,1-3H3,(H,26,30)(H,27,29)(H,32,33)(H4,23,24,25). The number of aliphatic carboxylic acids is 1. The summed E-state index contributed by atoms with van der Waals surface area (Å²) in [5.74, 6) is -2.14. The summed E-state index contributed by atoms with van der Waals surface area (Å²) in [7, 11) is 0. The molecule has 9 N–H and O–H groups in total. The molecule has 1 aliphatic rings. The predicted molar refractivity (Wildman–Crippen MR) is 132 cm³/mol. The summed E-state index contributed by atoms with van der Waals surface area (Å²) in [6, 6.07) is -3.57. The third-order valence-corrected chi connectivity index (χ3v) is 6.29. The lowest BCUT2D eigenvalue weighted by molar-refractivity contribution is -0.149. The van der Waals surface area contributed by atoms with Crippen LogP contribution in [-0.2, 0) is 19.2 Å². The highest BCUT2D eigenvalue weighted by atomic mass is 32.2. The largest absolute Gasteiger partial charge is 0.480 e. The molecular weight excluding hydrogens is 462 g/mol. The number of nitrogens with one attached hydrogen (secondary N) is 2. The van der Waals surface area contributed by atoms with Gasteiger partial charge in [0.2, 0.25) is 17.7 Å². The van der Waals surface area contributed by atoms with Gasteiger partial charge in [0.05, 0.1) is 6.04 Å². The van der Waals surface area contributed by atoms with Crippen LogP contribution in [0.4, 0.5) is 0 Å². The monoisotopic (exact) mass is 501 g/mol. The second-order valence-corrected chi connectivity index (χ2v) is 9.64. The molecule has 0 spiro atoms. The van der Waals surface area contributed by atoms with Gasteiger partial charge in [-0.25, -0.2) is 4.79 Å². The van der Waals surface area contributed by atoms with E-state index in [1.54, 1.807) is 13.8 Å². The van der Waals surface area contributed by atoms with Gasteiger partial charge in [-0.3, -0.25) is 19.4 Å². The van der Waals surface area contributed by atoms with E-state index < -0.39 is 47.9 Å². The van der Waals surface area contributed by atoms with Crippen LogP contribution in [0.5, 0.6) is 0 Å². The van der Waals surface area contributed by atoms with Gasteiger partial charge in [0.15, 0.2) is 5.96 Å². The summed E-state index contributed by atoms with van der Waals surface area (Å²) in [6.07, 6.45) is 3.80. The minimum atomic E-state index is -1.06. The van der Waals surface area contributed by atoms with Gasteiger partial charge in [-0.2, -0.15) is 11.8 Å². The predicted octanol–water partition coefficient (Wildman–Crippen LogP) is -1.18. The lowest BCUT2D eigenvalue weighted by Gasteiger charge is -2.29. The van der Waals surface area contributed by atoms with Crippen LogP contribution in [0.15, 0.2) is 4.99 Å². The molecule has 0 aliphatic carbocycles. The highest BCUT2D eigenvalue weighted by molar-refractivity contribution is 7.98. The number of nitrogens with zero attached hydrogens (tertiary/aromatic N) is 2. The number of carbonyl (C=O) groups excluding carboxylic acids is 3. The number of rotatable bonds is 14. The smallest absolute Gasteiger partial charge is 0.326 e. The Bertz CT molecular complexity index is 745. The summed E-state index contributed by atoms with van der Waals surface area (Å²) >= 11 is 1.51. The van der Waals surface area contributed by atoms with Crippen molar-refractivity contribution >= 4 is 41.4 Å². The Labute approximate surface area is 204 Å². The van der Waals surface area contributed by atoms with Crippen molar-refractivity contribution in [2.24, 2.45) is 28.1 Å². The molecule has 34 heavy (non-hydrogen) atoms. The fourth-order valence-electron chi connectivity index (χ4n) is 3.60. The molecular formula is C21H39N7O5S. The first-order valence-corrected chi connectivity index (χ1v) is 12.8. The SMILES string of the molecule is CSCCC(NC(=O)C(CCCN=C(N)N)NC(=O)C(N)C(C)C)C(=O)N1CCCC1C(=O)O. The minimum absolute atomic E-state index is 0.0757. The lowest BCUT2D eigenvalue weighted by atomic mass is 10.0. The van der Waals surface area contributed by atoms with E-state index >= 15 is 0 Å². The first kappa shape index (κ1) is 29.5. The fourth-order valence-corrected chi connectivity index (χ4v) is 4.07. The Hall–Kier alpha value is -2.54. The van der Waals surface area contributed by atoms with E-state index in [1.165, 1.54) is 16.7 Å². The van der Waals surface area contributed by atoms with Crippen molar-refractivity contribution in [1.29, 1.82) is 0 Å². The first-order valence-electron chi connectivity index (χ1n) is 11.4. The molecule has 3 amide bonds. The third kappa shape index (κ3) is 9.37. The van der Waals surface area contributed by atoms with Gasteiger partial charge < -0.3 is 37.8 Å². The molecule has 4 atom stereocenters. The number of hydrogen-bond acceptors (Lipinski definition) is 7. The van der Waals surface area contributed by atoms with Crippen molar-refractivity contribution in [3.8, 4) is 0 Å². The summed E-state index contributed by atoms with van der Waals surface area (Å²) in [4.78, 5) is 55.6. The van der Waals surface area contributed by atoms with Crippen molar-refractivity contribution in [3.63, 3.8) is 0 Å². The zero-order valence-electron chi connectivity index (χ0n) is 20.2. The third-order valence-electron chi connectivity index (χ3n) is 5.65. The fraction of sp³-hybridized carbons (Fsp3) is 0.762. The molecule has 1 fully saturated rings. The highest BCUT2D eigenvalue weighted by Crippen LogP contribution is 2.20. The number of carboxylic acid groups (broad SMARTS) is 1. The Balaban J connectivity index is 3.00. The van der Waals surface area contributed by atoms with Crippen molar-refractivity contribution in [2.45, 2.75) is 70.1 Å². The van der Waals surface area contributed by atoms with Crippen LogP contribution in [0.25, 0.3) is 0 Å². The van der Waals surface area contributed by atoms with Crippen molar-refractivity contribution in [3.05, 3.63) is 0 Å². The second-order valence-electron chi connectivity index (χ2n) is 8.65. The van der Waals surface area contributed by atoms with E-state index in [-0.39, 0.29) is 24.8 Å². The average molecular weight is 502 g/mol. The molecule has 1 aliphatic heterocycles. The normalized spacial score (nSPS) is 18.1. The van der Waals surface area contributed by atoms with Crippen LogP contribution in [0.2, 0.25) is 0 Å². The molecule has 13 heteroatoms. The summed E-state index contributed by atoms with van der Waals surface area (Å²) in [5, 5.41) is 14.8. The van der Waals surface area contributed by atoms with Gasteiger partial charge in [0.25, 0.3) is 0 Å². The Morgan fingerprint density at radius 1 is 1.12 bits per heavy atom. The van der Waals surface area contributed by atoms with Crippen molar-refractivity contribution in [1.82, 2.24) is 15.5 Å².